The van der Waals surface area contributed by atoms with E-state index in [9.17, 15) is 14.4 Å². The van der Waals surface area contributed by atoms with Crippen LogP contribution in [0.15, 0.2) is 58.7 Å². The van der Waals surface area contributed by atoms with Crippen LogP contribution in [0.5, 0.6) is 0 Å². The minimum Gasteiger partial charge on any atom is -0.464 e. The summed E-state index contributed by atoms with van der Waals surface area (Å²) in [6.45, 7) is 7.46. The number of H-pyrrole nitrogens is 1. The summed E-state index contributed by atoms with van der Waals surface area (Å²) < 4.78 is 4.85. The molecule has 0 saturated carbocycles. The van der Waals surface area contributed by atoms with Crippen molar-refractivity contribution in [2.24, 2.45) is 17.4 Å². The van der Waals surface area contributed by atoms with Crippen molar-refractivity contribution in [1.29, 1.82) is 0 Å². The summed E-state index contributed by atoms with van der Waals surface area (Å²) in [6.07, 6.45) is 1.70. The summed E-state index contributed by atoms with van der Waals surface area (Å²) >= 11 is 1.14. The van der Waals surface area contributed by atoms with Gasteiger partial charge < -0.3 is 26.5 Å². The number of nitrogens with two attached hydrogens (primary N) is 2. The number of anilines is 1. The predicted molar refractivity (Wildman–Crippen MR) is 120 cm³/mol. The molecule has 0 radical (unpaired) electrons. The average Bonchev–Trinajstić information content (AvgIpc) is 3.31. The molecule has 1 fully saturated rings. The number of ether oxygens (including phenoxy) is 1. The number of ketones is 2. The van der Waals surface area contributed by atoms with Gasteiger partial charge in [-0.3, -0.25) is 14.4 Å². The van der Waals surface area contributed by atoms with Gasteiger partial charge in [-0.2, -0.15) is 0 Å². The van der Waals surface area contributed by atoms with Crippen LogP contribution in [0, 0.1) is 12.8 Å². The zero-order chi connectivity index (χ0) is 22.7. The molecular weight excluding hydrogens is 416 g/mol. The summed E-state index contributed by atoms with van der Waals surface area (Å²) in [5, 5.41) is 3.59. The molecule has 2 aromatic rings. The van der Waals surface area contributed by atoms with E-state index in [0.29, 0.717) is 32.6 Å². The van der Waals surface area contributed by atoms with Crippen molar-refractivity contribution < 1.29 is 19.1 Å². The van der Waals surface area contributed by atoms with E-state index in [2.05, 4.69) is 16.9 Å². The molecule has 0 aliphatic carbocycles. The van der Waals surface area contributed by atoms with Gasteiger partial charge in [0.25, 0.3) is 0 Å². The smallest absolute Gasteiger partial charge is 0.323 e. The maximum Gasteiger partial charge on any atom is 0.323 e. The molecule has 3 rings (SSSR count). The number of aromatic nitrogens is 1. The number of cyclic esters (lactones) is 1. The summed E-state index contributed by atoms with van der Waals surface area (Å²) in [5.74, 6) is -1.69. The van der Waals surface area contributed by atoms with Crippen LogP contribution < -0.4 is 16.8 Å². The molecule has 0 spiro atoms. The van der Waals surface area contributed by atoms with Gasteiger partial charge in [0, 0.05) is 23.1 Å². The number of aromatic amines is 1. The third-order valence-electron chi connectivity index (χ3n) is 4.87. The minimum absolute atomic E-state index is 0.00581. The molecule has 0 amide bonds. The van der Waals surface area contributed by atoms with Gasteiger partial charge in [0.15, 0.2) is 5.78 Å². The summed E-state index contributed by atoms with van der Waals surface area (Å²) in [5.41, 5.74) is 14.5. The van der Waals surface area contributed by atoms with Crippen molar-refractivity contribution in [1.82, 2.24) is 4.98 Å². The standard InChI is InChI=1S/C22H24N4O4S/c1-11-8-9-25-18(11)20(28)21(12(2)23)31-13(3)26-15-6-4-14(5-7-15)19(27)16-10-30-22(29)17(16)24/h4-9,16-17,25-26H,3,10,23-24H2,1-2H3/b21-12+. The molecule has 2 heterocycles. The number of benzene rings is 1. The number of carbonyl (C=O) groups excluding carboxylic acids is 3. The molecule has 1 aliphatic rings. The van der Waals surface area contributed by atoms with Crippen LogP contribution in [-0.4, -0.2) is 35.2 Å². The van der Waals surface area contributed by atoms with E-state index >= 15 is 0 Å². The number of nitrogens with one attached hydrogen (secondary N) is 2. The zero-order valence-corrected chi connectivity index (χ0v) is 18.0. The Morgan fingerprint density at radius 1 is 1.26 bits per heavy atom. The van der Waals surface area contributed by atoms with Crippen LogP contribution in [0.2, 0.25) is 0 Å². The zero-order valence-electron chi connectivity index (χ0n) is 17.2. The molecule has 1 aromatic heterocycles. The Morgan fingerprint density at radius 2 is 1.94 bits per heavy atom. The largest absolute Gasteiger partial charge is 0.464 e. The molecule has 2 unspecified atom stereocenters. The number of esters is 1. The molecule has 1 aromatic carbocycles. The summed E-state index contributed by atoms with van der Waals surface area (Å²) in [4.78, 5) is 40.1. The van der Waals surface area contributed by atoms with Crippen LogP contribution in [0.3, 0.4) is 0 Å². The second-order valence-electron chi connectivity index (χ2n) is 7.23. The van der Waals surface area contributed by atoms with Gasteiger partial charge in [-0.25, -0.2) is 0 Å². The van der Waals surface area contributed by atoms with Gasteiger partial charge in [-0.05, 0) is 49.7 Å². The van der Waals surface area contributed by atoms with Gasteiger partial charge in [-0.1, -0.05) is 18.3 Å². The predicted octanol–water partition coefficient (Wildman–Crippen LogP) is 2.70. The van der Waals surface area contributed by atoms with E-state index in [4.69, 9.17) is 16.2 Å². The third kappa shape index (κ3) is 4.89. The first-order valence-electron chi connectivity index (χ1n) is 9.54. The SMILES string of the molecule is C=C(Nc1ccc(C(=O)C2COC(=O)C2N)cc1)S/C(C(=O)c1[nH]ccc1C)=C(\C)N. The Bertz CT molecular complexity index is 1070. The van der Waals surface area contributed by atoms with E-state index in [1.807, 2.05) is 13.0 Å². The highest BCUT2D eigenvalue weighted by molar-refractivity contribution is 8.07. The van der Waals surface area contributed by atoms with E-state index in [-0.39, 0.29) is 18.2 Å². The third-order valence-corrected chi connectivity index (χ3v) is 5.93. The van der Waals surface area contributed by atoms with E-state index in [0.717, 1.165) is 17.3 Å². The fraction of sp³-hybridized carbons (Fsp3) is 0.227. The fourth-order valence-electron chi connectivity index (χ4n) is 3.13. The molecule has 1 aliphatic heterocycles. The lowest BCUT2D eigenvalue weighted by Gasteiger charge is -2.14. The highest BCUT2D eigenvalue weighted by Crippen LogP contribution is 2.30. The summed E-state index contributed by atoms with van der Waals surface area (Å²) in [7, 11) is 0. The molecule has 8 nitrogen and oxygen atoms in total. The van der Waals surface area contributed by atoms with Crippen molar-refractivity contribution in [3.05, 3.63) is 75.6 Å². The number of thioether (sulfide) groups is 1. The first-order chi connectivity index (χ1) is 14.7. The van der Waals surface area contributed by atoms with Crippen LogP contribution in [0.1, 0.15) is 33.3 Å². The van der Waals surface area contributed by atoms with Gasteiger partial charge in [0.05, 0.1) is 21.5 Å². The Morgan fingerprint density at radius 3 is 2.45 bits per heavy atom. The van der Waals surface area contributed by atoms with Gasteiger partial charge in [-0.15, -0.1) is 0 Å². The monoisotopic (exact) mass is 440 g/mol. The Balaban J connectivity index is 1.65. The van der Waals surface area contributed by atoms with Crippen molar-refractivity contribution in [2.75, 3.05) is 11.9 Å². The lowest BCUT2D eigenvalue weighted by molar-refractivity contribution is -0.139. The van der Waals surface area contributed by atoms with E-state index in [1.54, 1.807) is 37.4 Å². The highest BCUT2D eigenvalue weighted by Gasteiger charge is 2.39. The molecule has 0 bridgehead atoms. The second kappa shape index (κ2) is 9.23. The molecule has 31 heavy (non-hydrogen) atoms. The second-order valence-corrected chi connectivity index (χ2v) is 8.34. The molecule has 2 atom stereocenters. The normalized spacial score (nSPS) is 18.9. The van der Waals surface area contributed by atoms with Crippen LogP contribution in [-0.2, 0) is 9.53 Å². The number of Topliss-reactive ketones (excluding diaryl/α,β-unsaturated/α-hetero) is 2. The molecular formula is C22H24N4O4S. The van der Waals surface area contributed by atoms with E-state index < -0.39 is 17.9 Å². The Labute approximate surface area is 184 Å². The van der Waals surface area contributed by atoms with Crippen molar-refractivity contribution in [2.45, 2.75) is 19.9 Å². The number of rotatable bonds is 8. The molecule has 162 valence electrons. The van der Waals surface area contributed by atoms with Crippen LogP contribution in [0.4, 0.5) is 5.69 Å². The van der Waals surface area contributed by atoms with Gasteiger partial charge in [0.2, 0.25) is 5.78 Å². The molecule has 9 heteroatoms. The van der Waals surface area contributed by atoms with Crippen LogP contribution in [0.25, 0.3) is 0 Å². The lowest BCUT2D eigenvalue weighted by Crippen LogP contribution is -2.36. The first-order valence-corrected chi connectivity index (χ1v) is 10.4. The van der Waals surface area contributed by atoms with Crippen molar-refractivity contribution in [3.8, 4) is 0 Å². The van der Waals surface area contributed by atoms with Crippen molar-refractivity contribution >= 4 is 35.0 Å². The highest BCUT2D eigenvalue weighted by atomic mass is 32.2. The first kappa shape index (κ1) is 22.4. The molecule has 1 saturated heterocycles. The van der Waals surface area contributed by atoms with E-state index in [1.165, 1.54) is 0 Å². The Hall–Kier alpha value is -3.30. The lowest BCUT2D eigenvalue weighted by atomic mass is 9.93. The molecule has 6 N–H and O–H groups in total. The number of hydrogen-bond donors (Lipinski definition) is 4. The Kier molecular flexibility index (Phi) is 6.67. The van der Waals surface area contributed by atoms with Crippen LogP contribution >= 0.6 is 11.8 Å². The number of hydrogen-bond acceptors (Lipinski definition) is 8. The maximum atomic E-state index is 12.8. The van der Waals surface area contributed by atoms with Crippen molar-refractivity contribution in [3.63, 3.8) is 0 Å². The van der Waals surface area contributed by atoms with Gasteiger partial charge in [0.1, 0.15) is 12.6 Å². The topological polar surface area (TPSA) is 140 Å². The van der Waals surface area contributed by atoms with Gasteiger partial charge >= 0.3 is 5.97 Å². The number of carbonyl (C=O) groups is 3. The quantitative estimate of drug-likeness (QED) is 0.279. The number of allylic oxidation sites excluding steroid dienone is 2. The fourth-order valence-corrected chi connectivity index (χ4v) is 3.90. The number of aryl methyl sites for hydroxylation is 1. The summed E-state index contributed by atoms with van der Waals surface area (Å²) in [6, 6.07) is 7.56. The maximum absolute atomic E-state index is 12.8. The minimum atomic E-state index is -0.938. The average molecular weight is 441 g/mol.